The van der Waals surface area contributed by atoms with Gasteiger partial charge in [-0.15, -0.1) is 12.6 Å². The molecule has 0 N–H and O–H groups in total. The van der Waals surface area contributed by atoms with E-state index in [1.165, 1.54) is 23.1 Å². The fourth-order valence-electron chi connectivity index (χ4n) is 2.22. The Morgan fingerprint density at radius 2 is 1.80 bits per heavy atom. The van der Waals surface area contributed by atoms with Gasteiger partial charge in [-0.3, -0.25) is 0 Å². The van der Waals surface area contributed by atoms with Crippen molar-refractivity contribution in [2.45, 2.75) is 53.9 Å². The fourth-order valence-corrected chi connectivity index (χ4v) is 2.30. The van der Waals surface area contributed by atoms with Crippen molar-refractivity contribution in [3.05, 3.63) is 58.6 Å². The van der Waals surface area contributed by atoms with E-state index in [4.69, 9.17) is 0 Å². The number of hydrogen-bond donors (Lipinski definition) is 1. The average Bonchev–Trinajstić information content (AvgIpc) is 2.42. The topological polar surface area (TPSA) is 0 Å². The minimum absolute atomic E-state index is 0.431. The van der Waals surface area contributed by atoms with Crippen LogP contribution in [0.2, 0.25) is 0 Å². The van der Waals surface area contributed by atoms with Crippen molar-refractivity contribution >= 4 is 12.6 Å². The standard InChI is InChI=1S/C19H30S/c1-7-10-12-18(9-3)17(6)19(11-8-2)15(4)13-14-16(5)20/h7,10,12-14,19-20H,6,8-9,11H2,1-5H3/b10-7-,15-13+,16-14+,18-12+. The SMILES string of the molecule is C=C(/C(=C/C=C\C)CC)C(CCC)/C(C)=C/C=C(\C)S. The fraction of sp³-hybridized carbons (Fsp3) is 0.474. The largest absolute Gasteiger partial charge is 0.148 e. The van der Waals surface area contributed by atoms with E-state index in [2.05, 4.69) is 70.4 Å². The average molecular weight is 291 g/mol. The second-order valence-corrected chi connectivity index (χ2v) is 5.86. The molecule has 0 saturated heterocycles. The number of allylic oxidation sites excluding steroid dienone is 9. The van der Waals surface area contributed by atoms with Gasteiger partial charge in [-0.1, -0.05) is 62.8 Å². The molecule has 0 rings (SSSR count). The van der Waals surface area contributed by atoms with E-state index in [9.17, 15) is 0 Å². The van der Waals surface area contributed by atoms with Crippen molar-refractivity contribution in [1.29, 1.82) is 0 Å². The van der Waals surface area contributed by atoms with Crippen LogP contribution in [0.4, 0.5) is 0 Å². The lowest BCUT2D eigenvalue weighted by atomic mass is 9.83. The Bertz CT molecular complexity index is 415. The van der Waals surface area contributed by atoms with Crippen molar-refractivity contribution in [2.75, 3.05) is 0 Å². The lowest BCUT2D eigenvalue weighted by molar-refractivity contribution is 0.629. The smallest absolute Gasteiger partial charge is 0.00452 e. The van der Waals surface area contributed by atoms with E-state index in [0.717, 1.165) is 17.7 Å². The molecule has 0 aromatic heterocycles. The molecule has 1 atom stereocenters. The van der Waals surface area contributed by atoms with Crippen LogP contribution in [0.25, 0.3) is 0 Å². The molecule has 0 radical (unpaired) electrons. The molecule has 0 nitrogen and oxygen atoms in total. The molecule has 0 amide bonds. The highest BCUT2D eigenvalue weighted by molar-refractivity contribution is 7.84. The molecule has 0 spiro atoms. The zero-order chi connectivity index (χ0) is 15.5. The highest BCUT2D eigenvalue weighted by atomic mass is 32.1. The summed E-state index contributed by atoms with van der Waals surface area (Å²) in [6.07, 6.45) is 13.9. The quantitative estimate of drug-likeness (QED) is 0.375. The van der Waals surface area contributed by atoms with Gasteiger partial charge in [0.05, 0.1) is 0 Å². The maximum Gasteiger partial charge on any atom is 0.00452 e. The molecule has 1 heteroatoms. The second kappa shape index (κ2) is 10.8. The maximum absolute atomic E-state index is 4.36. The van der Waals surface area contributed by atoms with Crippen LogP contribution < -0.4 is 0 Å². The van der Waals surface area contributed by atoms with Crippen LogP contribution in [-0.2, 0) is 0 Å². The highest BCUT2D eigenvalue weighted by Crippen LogP contribution is 2.30. The Morgan fingerprint density at radius 3 is 2.25 bits per heavy atom. The molecule has 0 aliphatic heterocycles. The van der Waals surface area contributed by atoms with Crippen LogP contribution in [0, 0.1) is 5.92 Å². The van der Waals surface area contributed by atoms with Crippen LogP contribution in [0.1, 0.15) is 53.9 Å². The van der Waals surface area contributed by atoms with E-state index >= 15 is 0 Å². The normalized spacial score (nSPS) is 15.8. The van der Waals surface area contributed by atoms with E-state index in [1.54, 1.807) is 0 Å². The van der Waals surface area contributed by atoms with Crippen LogP contribution >= 0.6 is 12.6 Å². The molecule has 0 bridgehead atoms. The summed E-state index contributed by atoms with van der Waals surface area (Å²) in [5.74, 6) is 0.431. The molecule has 0 aliphatic carbocycles. The zero-order valence-electron chi connectivity index (χ0n) is 13.7. The van der Waals surface area contributed by atoms with Crippen molar-refractivity contribution in [3.8, 4) is 0 Å². The lowest BCUT2D eigenvalue weighted by Gasteiger charge is -2.22. The molecular weight excluding hydrogens is 260 g/mol. The van der Waals surface area contributed by atoms with Gasteiger partial charge in [0.1, 0.15) is 0 Å². The van der Waals surface area contributed by atoms with E-state index in [1.807, 2.05) is 13.8 Å². The first kappa shape index (κ1) is 19.1. The Hall–Kier alpha value is -0.950. The Balaban J connectivity index is 5.31. The first-order chi connectivity index (χ1) is 9.47. The summed E-state index contributed by atoms with van der Waals surface area (Å²) in [5.41, 5.74) is 3.97. The molecular formula is C19H30S. The third kappa shape index (κ3) is 7.00. The maximum atomic E-state index is 4.36. The molecule has 0 saturated carbocycles. The van der Waals surface area contributed by atoms with Gasteiger partial charge in [0.15, 0.2) is 0 Å². The summed E-state index contributed by atoms with van der Waals surface area (Å²) < 4.78 is 0. The molecule has 0 heterocycles. The van der Waals surface area contributed by atoms with Crippen LogP contribution in [0.15, 0.2) is 58.6 Å². The molecule has 0 aliphatic rings. The van der Waals surface area contributed by atoms with Gasteiger partial charge in [0.2, 0.25) is 0 Å². The van der Waals surface area contributed by atoms with Gasteiger partial charge in [0, 0.05) is 5.92 Å². The molecule has 112 valence electrons. The van der Waals surface area contributed by atoms with Crippen molar-refractivity contribution in [3.63, 3.8) is 0 Å². The summed E-state index contributed by atoms with van der Waals surface area (Å²) >= 11 is 4.32. The van der Waals surface area contributed by atoms with Gasteiger partial charge < -0.3 is 0 Å². The van der Waals surface area contributed by atoms with Gasteiger partial charge in [-0.25, -0.2) is 0 Å². The molecule has 0 aromatic carbocycles. The predicted molar refractivity (Wildman–Crippen MR) is 97.2 cm³/mol. The molecule has 20 heavy (non-hydrogen) atoms. The molecule has 0 aromatic rings. The highest BCUT2D eigenvalue weighted by Gasteiger charge is 2.15. The third-order valence-corrected chi connectivity index (χ3v) is 3.57. The molecule has 0 fully saturated rings. The van der Waals surface area contributed by atoms with Gasteiger partial charge >= 0.3 is 0 Å². The van der Waals surface area contributed by atoms with Crippen molar-refractivity contribution < 1.29 is 0 Å². The summed E-state index contributed by atoms with van der Waals surface area (Å²) in [4.78, 5) is 1.03. The van der Waals surface area contributed by atoms with Gasteiger partial charge in [-0.05, 0) is 49.7 Å². The Kier molecular flexibility index (Phi) is 10.3. The Morgan fingerprint density at radius 1 is 1.15 bits per heavy atom. The third-order valence-electron chi connectivity index (χ3n) is 3.42. The van der Waals surface area contributed by atoms with Crippen molar-refractivity contribution in [1.82, 2.24) is 0 Å². The van der Waals surface area contributed by atoms with Crippen LogP contribution in [-0.4, -0.2) is 0 Å². The van der Waals surface area contributed by atoms with Crippen LogP contribution in [0.3, 0.4) is 0 Å². The predicted octanol–water partition coefficient (Wildman–Crippen LogP) is 6.65. The number of hydrogen-bond acceptors (Lipinski definition) is 1. The second-order valence-electron chi connectivity index (χ2n) is 5.16. The van der Waals surface area contributed by atoms with Crippen LogP contribution in [0.5, 0.6) is 0 Å². The number of rotatable bonds is 8. The first-order valence-electron chi connectivity index (χ1n) is 7.52. The first-order valence-corrected chi connectivity index (χ1v) is 7.97. The van der Waals surface area contributed by atoms with E-state index in [-0.39, 0.29) is 0 Å². The zero-order valence-corrected chi connectivity index (χ0v) is 14.6. The Labute approximate surface area is 131 Å². The van der Waals surface area contributed by atoms with Gasteiger partial charge in [0.25, 0.3) is 0 Å². The lowest BCUT2D eigenvalue weighted by Crippen LogP contribution is -2.07. The summed E-state index contributed by atoms with van der Waals surface area (Å²) in [6, 6.07) is 0. The van der Waals surface area contributed by atoms with Crippen molar-refractivity contribution in [2.24, 2.45) is 5.92 Å². The summed E-state index contributed by atoms with van der Waals surface area (Å²) in [6.45, 7) is 15.0. The number of thiol groups is 1. The van der Waals surface area contributed by atoms with Gasteiger partial charge in [-0.2, -0.15) is 0 Å². The minimum Gasteiger partial charge on any atom is -0.148 e. The minimum atomic E-state index is 0.431. The monoisotopic (exact) mass is 290 g/mol. The summed E-state index contributed by atoms with van der Waals surface area (Å²) in [7, 11) is 0. The summed E-state index contributed by atoms with van der Waals surface area (Å²) in [5, 5.41) is 0. The molecule has 1 unspecified atom stereocenters. The van der Waals surface area contributed by atoms with E-state index < -0.39 is 0 Å². The van der Waals surface area contributed by atoms with E-state index in [0.29, 0.717) is 5.92 Å².